The number of rotatable bonds is 1. The van der Waals surface area contributed by atoms with E-state index in [-0.39, 0.29) is 5.91 Å². The minimum absolute atomic E-state index is 0.0830. The van der Waals surface area contributed by atoms with Crippen LogP contribution in [0.3, 0.4) is 0 Å². The van der Waals surface area contributed by atoms with E-state index in [2.05, 4.69) is 10.4 Å². The first-order valence-corrected chi connectivity index (χ1v) is 5.19. The van der Waals surface area contributed by atoms with Gasteiger partial charge in [0.1, 0.15) is 5.69 Å². The van der Waals surface area contributed by atoms with Crippen molar-refractivity contribution in [3.63, 3.8) is 0 Å². The van der Waals surface area contributed by atoms with Gasteiger partial charge in [0.15, 0.2) is 0 Å². The van der Waals surface area contributed by atoms with Gasteiger partial charge in [-0.25, -0.2) is 0 Å². The van der Waals surface area contributed by atoms with Crippen molar-refractivity contribution in [2.45, 2.75) is 6.92 Å². The van der Waals surface area contributed by atoms with Crippen LogP contribution >= 0.6 is 0 Å². The molecule has 5 heteroatoms. The van der Waals surface area contributed by atoms with E-state index >= 15 is 0 Å². The first-order chi connectivity index (χ1) is 7.18. The molecule has 5 nitrogen and oxygen atoms in total. The fourth-order valence-electron chi connectivity index (χ4n) is 1.84. The van der Waals surface area contributed by atoms with E-state index in [0.29, 0.717) is 5.69 Å². The molecular formula is C10H16N4O. The SMILES string of the molecule is Cc1cc(C(=O)N2CCNCC2)n(C)n1. The maximum absolute atomic E-state index is 12.1. The zero-order valence-corrected chi connectivity index (χ0v) is 9.16. The number of hydrogen-bond acceptors (Lipinski definition) is 3. The highest BCUT2D eigenvalue weighted by molar-refractivity contribution is 5.92. The Morgan fingerprint density at radius 2 is 2.13 bits per heavy atom. The van der Waals surface area contributed by atoms with E-state index in [4.69, 9.17) is 0 Å². The number of aromatic nitrogens is 2. The number of nitrogens with one attached hydrogen (secondary N) is 1. The molecule has 1 aromatic rings. The van der Waals surface area contributed by atoms with Crippen molar-refractivity contribution in [3.05, 3.63) is 17.5 Å². The van der Waals surface area contributed by atoms with Crippen LogP contribution in [0.2, 0.25) is 0 Å². The van der Waals surface area contributed by atoms with Gasteiger partial charge in [0, 0.05) is 33.2 Å². The van der Waals surface area contributed by atoms with Crippen LogP contribution in [0.4, 0.5) is 0 Å². The Morgan fingerprint density at radius 3 is 2.67 bits per heavy atom. The van der Waals surface area contributed by atoms with E-state index in [1.807, 2.05) is 24.9 Å². The summed E-state index contributed by atoms with van der Waals surface area (Å²) in [4.78, 5) is 13.9. The summed E-state index contributed by atoms with van der Waals surface area (Å²) in [5.74, 6) is 0.0830. The molecule has 0 unspecified atom stereocenters. The van der Waals surface area contributed by atoms with Gasteiger partial charge in [-0.05, 0) is 13.0 Å². The normalized spacial score (nSPS) is 16.8. The molecule has 2 heterocycles. The highest BCUT2D eigenvalue weighted by atomic mass is 16.2. The molecule has 1 amide bonds. The molecule has 0 aromatic carbocycles. The third-order valence-electron chi connectivity index (χ3n) is 2.63. The zero-order valence-electron chi connectivity index (χ0n) is 9.16. The van der Waals surface area contributed by atoms with Crippen LogP contribution in [-0.4, -0.2) is 46.8 Å². The fourth-order valence-corrected chi connectivity index (χ4v) is 1.84. The summed E-state index contributed by atoms with van der Waals surface area (Å²) >= 11 is 0. The Hall–Kier alpha value is -1.36. The second-order valence-electron chi connectivity index (χ2n) is 3.84. The van der Waals surface area contributed by atoms with Gasteiger partial charge in [0.2, 0.25) is 0 Å². The largest absolute Gasteiger partial charge is 0.335 e. The zero-order chi connectivity index (χ0) is 10.8. The van der Waals surface area contributed by atoms with Gasteiger partial charge in [-0.15, -0.1) is 0 Å². The lowest BCUT2D eigenvalue weighted by molar-refractivity contribution is 0.0724. The molecule has 1 fully saturated rings. The van der Waals surface area contributed by atoms with Crippen molar-refractivity contribution < 1.29 is 4.79 Å². The lowest BCUT2D eigenvalue weighted by Gasteiger charge is -2.27. The molecule has 1 aromatic heterocycles. The summed E-state index contributed by atoms with van der Waals surface area (Å²) in [6, 6.07) is 1.84. The Bertz CT molecular complexity index is 365. The molecule has 2 rings (SSSR count). The van der Waals surface area contributed by atoms with E-state index in [1.165, 1.54) is 0 Å². The van der Waals surface area contributed by atoms with Crippen molar-refractivity contribution in [1.82, 2.24) is 20.0 Å². The van der Waals surface area contributed by atoms with Gasteiger partial charge < -0.3 is 10.2 Å². The molecule has 0 radical (unpaired) electrons. The number of nitrogens with zero attached hydrogens (tertiary/aromatic N) is 3. The molecule has 0 saturated carbocycles. The van der Waals surface area contributed by atoms with Crippen molar-refractivity contribution >= 4 is 5.91 Å². The van der Waals surface area contributed by atoms with Crippen LogP contribution in [0, 0.1) is 6.92 Å². The van der Waals surface area contributed by atoms with Gasteiger partial charge in [-0.3, -0.25) is 9.48 Å². The van der Waals surface area contributed by atoms with Gasteiger partial charge in [0.25, 0.3) is 5.91 Å². The van der Waals surface area contributed by atoms with E-state index in [9.17, 15) is 4.79 Å². The topological polar surface area (TPSA) is 50.2 Å². The van der Waals surface area contributed by atoms with E-state index in [1.54, 1.807) is 4.68 Å². The lowest BCUT2D eigenvalue weighted by atomic mass is 10.3. The molecule has 1 saturated heterocycles. The second kappa shape index (κ2) is 4.02. The van der Waals surface area contributed by atoms with Gasteiger partial charge >= 0.3 is 0 Å². The molecule has 0 bridgehead atoms. The maximum Gasteiger partial charge on any atom is 0.272 e. The highest BCUT2D eigenvalue weighted by Crippen LogP contribution is 2.07. The Balaban J connectivity index is 2.16. The third-order valence-corrected chi connectivity index (χ3v) is 2.63. The second-order valence-corrected chi connectivity index (χ2v) is 3.84. The van der Waals surface area contributed by atoms with Gasteiger partial charge in [-0.1, -0.05) is 0 Å². The van der Waals surface area contributed by atoms with Crippen LogP contribution in [0.1, 0.15) is 16.2 Å². The van der Waals surface area contributed by atoms with Gasteiger partial charge in [0.05, 0.1) is 5.69 Å². The quantitative estimate of drug-likeness (QED) is 0.694. The first-order valence-electron chi connectivity index (χ1n) is 5.19. The van der Waals surface area contributed by atoms with Crippen LogP contribution in [0.15, 0.2) is 6.07 Å². The van der Waals surface area contributed by atoms with Crippen molar-refractivity contribution in [2.24, 2.45) is 7.05 Å². The average molecular weight is 208 g/mol. The number of carbonyl (C=O) groups is 1. The standard InChI is InChI=1S/C10H16N4O/c1-8-7-9(13(2)12-8)10(15)14-5-3-11-4-6-14/h7,11H,3-6H2,1-2H3. The molecule has 1 N–H and O–H groups in total. The summed E-state index contributed by atoms with van der Waals surface area (Å²) < 4.78 is 1.65. The van der Waals surface area contributed by atoms with Crippen LogP contribution in [0.5, 0.6) is 0 Å². The molecule has 1 aliphatic rings. The molecule has 0 aliphatic carbocycles. The number of hydrogen-bond donors (Lipinski definition) is 1. The van der Waals surface area contributed by atoms with Crippen molar-refractivity contribution in [3.8, 4) is 0 Å². The average Bonchev–Trinajstić information content (AvgIpc) is 2.58. The number of carbonyl (C=O) groups excluding carboxylic acids is 1. The Labute approximate surface area is 89.1 Å². The first kappa shape index (κ1) is 10.2. The predicted octanol–water partition coefficient (Wildman–Crippen LogP) is -0.226. The molecule has 0 atom stereocenters. The third kappa shape index (κ3) is 2.02. The molecular weight excluding hydrogens is 192 g/mol. The van der Waals surface area contributed by atoms with Gasteiger partial charge in [-0.2, -0.15) is 5.10 Å². The van der Waals surface area contributed by atoms with Crippen molar-refractivity contribution in [2.75, 3.05) is 26.2 Å². The Kier molecular flexibility index (Phi) is 2.73. The predicted molar refractivity (Wildman–Crippen MR) is 56.7 cm³/mol. The Morgan fingerprint density at radius 1 is 1.47 bits per heavy atom. The van der Waals surface area contributed by atoms with Crippen LogP contribution < -0.4 is 5.32 Å². The maximum atomic E-state index is 12.1. The molecule has 0 spiro atoms. The highest BCUT2D eigenvalue weighted by Gasteiger charge is 2.20. The lowest BCUT2D eigenvalue weighted by Crippen LogP contribution is -2.46. The van der Waals surface area contributed by atoms with Crippen LogP contribution in [-0.2, 0) is 7.05 Å². The molecule has 82 valence electrons. The number of aryl methyl sites for hydroxylation is 2. The smallest absolute Gasteiger partial charge is 0.272 e. The molecule has 1 aliphatic heterocycles. The molecule has 15 heavy (non-hydrogen) atoms. The minimum atomic E-state index is 0.0830. The summed E-state index contributed by atoms with van der Waals surface area (Å²) in [7, 11) is 1.81. The summed E-state index contributed by atoms with van der Waals surface area (Å²) in [5.41, 5.74) is 1.56. The summed E-state index contributed by atoms with van der Waals surface area (Å²) in [6.45, 7) is 5.21. The number of amides is 1. The summed E-state index contributed by atoms with van der Waals surface area (Å²) in [6.07, 6.45) is 0. The van der Waals surface area contributed by atoms with Crippen LogP contribution in [0.25, 0.3) is 0 Å². The van der Waals surface area contributed by atoms with Crippen molar-refractivity contribution in [1.29, 1.82) is 0 Å². The van der Waals surface area contributed by atoms with E-state index < -0.39 is 0 Å². The summed E-state index contributed by atoms with van der Waals surface area (Å²) in [5, 5.41) is 7.41. The number of piperazine rings is 1. The fraction of sp³-hybridized carbons (Fsp3) is 0.600. The monoisotopic (exact) mass is 208 g/mol. The van der Waals surface area contributed by atoms with E-state index in [0.717, 1.165) is 31.9 Å². The minimum Gasteiger partial charge on any atom is -0.335 e.